The summed E-state index contributed by atoms with van der Waals surface area (Å²) in [6, 6.07) is 10.0. The maximum Gasteiger partial charge on any atom is 0.341 e. The van der Waals surface area contributed by atoms with Gasteiger partial charge in [0.1, 0.15) is 5.56 Å². The Morgan fingerprint density at radius 3 is 2.35 bits per heavy atom. The van der Waals surface area contributed by atoms with Gasteiger partial charge in [0, 0.05) is 23.1 Å². The number of hydrogen-bond donors (Lipinski definition) is 1. The van der Waals surface area contributed by atoms with Gasteiger partial charge < -0.3 is 9.67 Å². The molecule has 1 aromatic carbocycles. The van der Waals surface area contributed by atoms with Crippen LogP contribution in [0, 0.1) is 25.2 Å². The van der Waals surface area contributed by atoms with Crippen LogP contribution < -0.4 is 5.43 Å². The second-order valence-corrected chi connectivity index (χ2v) is 4.41. The fourth-order valence-corrected chi connectivity index (χ4v) is 2.22. The second kappa shape index (κ2) is 5.02. The summed E-state index contributed by atoms with van der Waals surface area (Å²) in [5.41, 5.74) is 1.50. The van der Waals surface area contributed by atoms with E-state index in [2.05, 4.69) is 0 Å². The van der Waals surface area contributed by atoms with Gasteiger partial charge in [0.25, 0.3) is 0 Å². The van der Waals surface area contributed by atoms with Gasteiger partial charge in [-0.15, -0.1) is 0 Å². The molecule has 20 heavy (non-hydrogen) atoms. The number of benzene rings is 1. The van der Waals surface area contributed by atoms with E-state index in [-0.39, 0.29) is 5.56 Å². The first kappa shape index (κ1) is 13.6. The Kier molecular flexibility index (Phi) is 3.40. The Balaban J connectivity index is 2.74. The molecule has 2 aromatic rings. The van der Waals surface area contributed by atoms with Crippen molar-refractivity contribution in [1.29, 1.82) is 5.26 Å². The highest BCUT2D eigenvalue weighted by Gasteiger charge is 2.17. The highest BCUT2D eigenvalue weighted by molar-refractivity contribution is 5.88. The van der Waals surface area contributed by atoms with Crippen molar-refractivity contribution in [3.63, 3.8) is 0 Å². The molecule has 0 saturated carbocycles. The zero-order chi connectivity index (χ0) is 14.9. The van der Waals surface area contributed by atoms with Gasteiger partial charge >= 0.3 is 5.97 Å². The van der Waals surface area contributed by atoms with Gasteiger partial charge in [-0.25, -0.2) is 4.79 Å². The van der Waals surface area contributed by atoms with Crippen LogP contribution in [0.5, 0.6) is 0 Å². The predicted molar refractivity (Wildman–Crippen MR) is 73.2 cm³/mol. The highest BCUT2D eigenvalue weighted by Crippen LogP contribution is 2.16. The lowest BCUT2D eigenvalue weighted by Crippen LogP contribution is -2.22. The molecule has 100 valence electrons. The first-order chi connectivity index (χ1) is 9.45. The largest absolute Gasteiger partial charge is 0.477 e. The smallest absolute Gasteiger partial charge is 0.341 e. The lowest BCUT2D eigenvalue weighted by molar-refractivity contribution is 0.0694. The van der Waals surface area contributed by atoms with Crippen molar-refractivity contribution in [1.82, 2.24) is 4.57 Å². The van der Waals surface area contributed by atoms with E-state index in [0.717, 1.165) is 0 Å². The minimum Gasteiger partial charge on any atom is -0.477 e. The van der Waals surface area contributed by atoms with Gasteiger partial charge in [-0.2, -0.15) is 5.26 Å². The Labute approximate surface area is 115 Å². The topological polar surface area (TPSA) is 83.1 Å². The lowest BCUT2D eigenvalue weighted by Gasteiger charge is -2.16. The summed E-state index contributed by atoms with van der Waals surface area (Å²) in [6.45, 7) is 3.33. The van der Waals surface area contributed by atoms with Crippen molar-refractivity contribution >= 4 is 5.97 Å². The Hall–Kier alpha value is -2.87. The van der Waals surface area contributed by atoms with Crippen LogP contribution in [-0.2, 0) is 0 Å². The summed E-state index contributed by atoms with van der Waals surface area (Å²) in [5.74, 6) is -1.24. The van der Waals surface area contributed by atoms with Crippen molar-refractivity contribution in [3.05, 3.63) is 63.1 Å². The van der Waals surface area contributed by atoms with Crippen molar-refractivity contribution < 1.29 is 9.90 Å². The van der Waals surface area contributed by atoms with Crippen LogP contribution in [0.2, 0.25) is 0 Å². The molecule has 1 heterocycles. The number of aromatic carboxylic acids is 1. The van der Waals surface area contributed by atoms with Crippen LogP contribution >= 0.6 is 0 Å². The van der Waals surface area contributed by atoms with Gasteiger partial charge in [0.15, 0.2) is 5.43 Å². The van der Waals surface area contributed by atoms with Crippen molar-refractivity contribution in [2.45, 2.75) is 13.8 Å². The minimum absolute atomic E-state index is 0.236. The molecule has 0 amide bonds. The van der Waals surface area contributed by atoms with Crippen LogP contribution in [-0.4, -0.2) is 15.6 Å². The molecule has 5 nitrogen and oxygen atoms in total. The molecule has 1 N–H and O–H groups in total. The first-order valence-corrected chi connectivity index (χ1v) is 5.92. The zero-order valence-electron chi connectivity index (χ0n) is 11.0. The van der Waals surface area contributed by atoms with E-state index in [1.807, 2.05) is 6.07 Å². The third-order valence-corrected chi connectivity index (χ3v) is 3.10. The SMILES string of the molecule is Cc1cc(=O)c(C(=O)O)c(C)n1-c1ccc(C#N)cc1. The summed E-state index contributed by atoms with van der Waals surface area (Å²) < 4.78 is 1.69. The number of aromatic nitrogens is 1. The van der Waals surface area contributed by atoms with Crippen molar-refractivity contribution in [2.75, 3.05) is 0 Å². The Bertz CT molecular complexity index is 780. The van der Waals surface area contributed by atoms with E-state index in [0.29, 0.717) is 22.6 Å². The average Bonchev–Trinajstić information content (AvgIpc) is 2.38. The molecule has 1 aromatic heterocycles. The molecule has 0 saturated heterocycles. The normalized spacial score (nSPS) is 10.1. The van der Waals surface area contributed by atoms with Gasteiger partial charge in [-0.3, -0.25) is 4.79 Å². The second-order valence-electron chi connectivity index (χ2n) is 4.41. The van der Waals surface area contributed by atoms with Crippen LogP contribution in [0.4, 0.5) is 0 Å². The molecule has 0 radical (unpaired) electrons. The number of rotatable bonds is 2. The van der Waals surface area contributed by atoms with E-state index < -0.39 is 11.4 Å². The molecule has 2 rings (SSSR count). The van der Waals surface area contributed by atoms with Gasteiger partial charge in [0.2, 0.25) is 0 Å². The van der Waals surface area contributed by atoms with E-state index >= 15 is 0 Å². The molecule has 0 fully saturated rings. The molecule has 0 atom stereocenters. The van der Waals surface area contributed by atoms with E-state index in [1.165, 1.54) is 6.07 Å². The molecular formula is C15H12N2O3. The van der Waals surface area contributed by atoms with Crippen LogP contribution in [0.3, 0.4) is 0 Å². The molecule has 0 aliphatic carbocycles. The number of hydrogen-bond acceptors (Lipinski definition) is 3. The molecule has 0 bridgehead atoms. The van der Waals surface area contributed by atoms with Crippen LogP contribution in [0.1, 0.15) is 27.3 Å². The number of carboxylic acid groups (broad SMARTS) is 1. The summed E-state index contributed by atoms with van der Waals surface area (Å²) in [4.78, 5) is 22.9. The maximum absolute atomic E-state index is 11.7. The fraction of sp³-hybridized carbons (Fsp3) is 0.133. The fourth-order valence-electron chi connectivity index (χ4n) is 2.22. The van der Waals surface area contributed by atoms with Gasteiger partial charge in [0.05, 0.1) is 11.6 Å². The van der Waals surface area contributed by atoms with Crippen molar-refractivity contribution in [2.24, 2.45) is 0 Å². The van der Waals surface area contributed by atoms with Crippen LogP contribution in [0.25, 0.3) is 5.69 Å². The number of carboxylic acids is 1. The Morgan fingerprint density at radius 2 is 1.85 bits per heavy atom. The quantitative estimate of drug-likeness (QED) is 0.903. The first-order valence-electron chi connectivity index (χ1n) is 5.92. The molecule has 0 aliphatic rings. The molecule has 5 heteroatoms. The van der Waals surface area contributed by atoms with E-state index in [4.69, 9.17) is 10.4 Å². The number of nitriles is 1. The summed E-state index contributed by atoms with van der Waals surface area (Å²) >= 11 is 0. The number of aryl methyl sites for hydroxylation is 1. The lowest BCUT2D eigenvalue weighted by atomic mass is 10.1. The molecular weight excluding hydrogens is 256 g/mol. The van der Waals surface area contributed by atoms with E-state index in [9.17, 15) is 9.59 Å². The summed E-state index contributed by atoms with van der Waals surface area (Å²) in [6.07, 6.45) is 0. The summed E-state index contributed by atoms with van der Waals surface area (Å²) in [5, 5.41) is 17.9. The third-order valence-electron chi connectivity index (χ3n) is 3.10. The maximum atomic E-state index is 11.7. The minimum atomic E-state index is -1.24. The number of pyridine rings is 1. The number of carbonyl (C=O) groups is 1. The van der Waals surface area contributed by atoms with Crippen molar-refractivity contribution in [3.8, 4) is 11.8 Å². The van der Waals surface area contributed by atoms with Gasteiger partial charge in [-0.05, 0) is 38.1 Å². The molecule has 0 unspecified atom stereocenters. The number of nitrogens with zero attached hydrogens (tertiary/aromatic N) is 2. The highest BCUT2D eigenvalue weighted by atomic mass is 16.4. The Morgan fingerprint density at radius 1 is 1.25 bits per heavy atom. The predicted octanol–water partition coefficient (Wildman–Crippen LogP) is 2.02. The molecule has 0 aliphatic heterocycles. The molecule has 0 spiro atoms. The summed E-state index contributed by atoms with van der Waals surface area (Å²) in [7, 11) is 0. The monoisotopic (exact) mass is 268 g/mol. The van der Waals surface area contributed by atoms with Crippen LogP contribution in [0.15, 0.2) is 35.1 Å². The third kappa shape index (κ3) is 2.19. The zero-order valence-corrected chi connectivity index (χ0v) is 11.0. The standard InChI is InChI=1S/C15H12N2O3/c1-9-7-13(18)14(15(19)20)10(2)17(9)12-5-3-11(8-16)4-6-12/h3-7H,1-2H3,(H,19,20). The van der Waals surface area contributed by atoms with Gasteiger partial charge in [-0.1, -0.05) is 0 Å². The van der Waals surface area contributed by atoms with E-state index in [1.54, 1.807) is 42.7 Å². The average molecular weight is 268 g/mol.